The van der Waals surface area contributed by atoms with E-state index in [9.17, 15) is 9.90 Å². The summed E-state index contributed by atoms with van der Waals surface area (Å²) >= 11 is 0. The van der Waals surface area contributed by atoms with Gasteiger partial charge in [-0.3, -0.25) is 4.79 Å². The molecule has 114 valence electrons. The van der Waals surface area contributed by atoms with Crippen molar-refractivity contribution < 1.29 is 28.8 Å². The molecule has 0 saturated carbocycles. The Balaban J connectivity index is 1.59. The minimum atomic E-state index is -1.25. The van der Waals surface area contributed by atoms with E-state index in [1.165, 1.54) is 6.08 Å². The first-order valence-corrected chi connectivity index (χ1v) is 7.35. The van der Waals surface area contributed by atoms with Crippen LogP contribution in [-0.4, -0.2) is 36.0 Å². The van der Waals surface area contributed by atoms with E-state index in [0.717, 1.165) is 5.56 Å². The monoisotopic (exact) mass is 302 g/mol. The number of benzene rings is 1. The average Bonchev–Trinajstić information content (AvgIpc) is 3.10. The summed E-state index contributed by atoms with van der Waals surface area (Å²) in [5.74, 6) is 2.26. The van der Waals surface area contributed by atoms with E-state index in [4.69, 9.17) is 18.9 Å². The van der Waals surface area contributed by atoms with Crippen LogP contribution in [0.25, 0.3) is 0 Å². The molecule has 6 nitrogen and oxygen atoms in total. The average molecular weight is 302 g/mol. The van der Waals surface area contributed by atoms with Crippen LogP contribution < -0.4 is 14.2 Å². The lowest BCUT2D eigenvalue weighted by Gasteiger charge is -2.43. The molecular formula is C16H14O6. The number of hydrogen-bond donors (Lipinski definition) is 1. The Hall–Kier alpha value is -2.21. The van der Waals surface area contributed by atoms with Gasteiger partial charge in [0.1, 0.15) is 17.6 Å². The zero-order chi connectivity index (χ0) is 14.9. The lowest BCUT2D eigenvalue weighted by Crippen LogP contribution is -2.55. The quantitative estimate of drug-likeness (QED) is 0.778. The Bertz CT molecular complexity index is 724. The van der Waals surface area contributed by atoms with Crippen molar-refractivity contribution in [3.8, 4) is 17.2 Å². The van der Waals surface area contributed by atoms with Gasteiger partial charge in [0.2, 0.25) is 6.79 Å². The minimum Gasteiger partial charge on any atom is -0.494 e. The zero-order valence-electron chi connectivity index (χ0n) is 11.7. The van der Waals surface area contributed by atoms with Crippen molar-refractivity contribution in [1.29, 1.82) is 0 Å². The second kappa shape index (κ2) is 3.95. The van der Waals surface area contributed by atoms with Crippen molar-refractivity contribution in [2.45, 2.75) is 30.5 Å². The maximum atomic E-state index is 11.6. The number of carbonyl (C=O) groups excluding carboxylic acids is 1. The van der Waals surface area contributed by atoms with Crippen LogP contribution in [0.1, 0.15) is 24.3 Å². The van der Waals surface area contributed by atoms with E-state index in [1.54, 1.807) is 6.07 Å². The Morgan fingerprint density at radius 3 is 2.82 bits per heavy atom. The molecule has 1 saturated heterocycles. The molecule has 1 N–H and O–H groups in total. The normalized spacial score (nSPS) is 34.0. The fourth-order valence-electron chi connectivity index (χ4n) is 3.73. The number of allylic oxidation sites excluding steroid dienone is 1. The highest BCUT2D eigenvalue weighted by atomic mass is 16.7. The number of rotatable bonds is 0. The van der Waals surface area contributed by atoms with E-state index in [0.29, 0.717) is 42.5 Å². The number of fused-ring (bicyclic) bond motifs is 6. The summed E-state index contributed by atoms with van der Waals surface area (Å²) in [5.41, 5.74) is -0.291. The summed E-state index contributed by atoms with van der Waals surface area (Å²) < 4.78 is 22.5. The predicted molar refractivity (Wildman–Crippen MR) is 72.9 cm³/mol. The summed E-state index contributed by atoms with van der Waals surface area (Å²) in [7, 11) is 0. The second-order valence-corrected chi connectivity index (χ2v) is 6.10. The highest BCUT2D eigenvalue weighted by Gasteiger charge is 2.56. The van der Waals surface area contributed by atoms with E-state index >= 15 is 0 Å². The van der Waals surface area contributed by atoms with Gasteiger partial charge in [0.15, 0.2) is 22.9 Å². The van der Waals surface area contributed by atoms with Crippen LogP contribution in [0.4, 0.5) is 0 Å². The first-order valence-electron chi connectivity index (χ1n) is 7.35. The van der Waals surface area contributed by atoms with Crippen LogP contribution in [-0.2, 0) is 9.53 Å². The SMILES string of the molecule is O=C1C=C2OC[C@@H]3c4cc5c(cc4O[C@@H]3[C@]2(O)CC1)OCO5. The highest BCUT2D eigenvalue weighted by molar-refractivity contribution is 5.91. The molecule has 1 aromatic carbocycles. The molecule has 0 spiro atoms. The summed E-state index contributed by atoms with van der Waals surface area (Å²) in [6, 6.07) is 3.70. The number of carbonyl (C=O) groups is 1. The fourth-order valence-corrected chi connectivity index (χ4v) is 3.73. The zero-order valence-corrected chi connectivity index (χ0v) is 11.7. The van der Waals surface area contributed by atoms with Crippen molar-refractivity contribution in [3.05, 3.63) is 29.5 Å². The Morgan fingerprint density at radius 2 is 1.95 bits per heavy atom. The number of aliphatic hydroxyl groups is 1. The Kier molecular flexibility index (Phi) is 2.22. The molecule has 0 bridgehead atoms. The van der Waals surface area contributed by atoms with Gasteiger partial charge in [0, 0.05) is 24.1 Å². The third-order valence-corrected chi connectivity index (χ3v) is 4.88. The number of ether oxygens (including phenoxy) is 4. The van der Waals surface area contributed by atoms with Crippen LogP contribution in [0, 0.1) is 0 Å². The number of hydrogen-bond acceptors (Lipinski definition) is 6. The highest BCUT2D eigenvalue weighted by Crippen LogP contribution is 2.53. The van der Waals surface area contributed by atoms with Crippen molar-refractivity contribution >= 4 is 5.78 Å². The van der Waals surface area contributed by atoms with Gasteiger partial charge in [-0.15, -0.1) is 0 Å². The standard InChI is InChI=1S/C16H14O6/c17-8-1-2-16(18)14(3-8)19-6-10-9-4-12-13(21-7-20-12)5-11(9)22-15(10)16/h3-5,10,15,18H,1-2,6-7H2/t10-,15+,16+/m1/s1. The lowest BCUT2D eigenvalue weighted by molar-refractivity contribution is -0.132. The molecule has 1 fully saturated rings. The Morgan fingerprint density at radius 1 is 1.14 bits per heavy atom. The van der Waals surface area contributed by atoms with Crippen molar-refractivity contribution in [2.75, 3.05) is 13.4 Å². The molecule has 1 aromatic rings. The van der Waals surface area contributed by atoms with E-state index in [2.05, 4.69) is 0 Å². The summed E-state index contributed by atoms with van der Waals surface area (Å²) in [4.78, 5) is 11.6. The van der Waals surface area contributed by atoms with Crippen molar-refractivity contribution in [3.63, 3.8) is 0 Å². The maximum Gasteiger partial charge on any atom is 0.231 e. The Labute approximate surface area is 126 Å². The smallest absolute Gasteiger partial charge is 0.231 e. The van der Waals surface area contributed by atoms with Gasteiger partial charge in [0.05, 0.1) is 12.5 Å². The summed E-state index contributed by atoms with van der Waals surface area (Å²) in [6.07, 6.45) is 1.57. The van der Waals surface area contributed by atoms with Gasteiger partial charge in [-0.2, -0.15) is 0 Å². The minimum absolute atomic E-state index is 0.0191. The molecule has 22 heavy (non-hydrogen) atoms. The van der Waals surface area contributed by atoms with Gasteiger partial charge in [-0.25, -0.2) is 0 Å². The molecule has 4 aliphatic rings. The molecule has 3 aliphatic heterocycles. The van der Waals surface area contributed by atoms with E-state index in [-0.39, 0.29) is 18.5 Å². The van der Waals surface area contributed by atoms with Crippen LogP contribution in [0.3, 0.4) is 0 Å². The first-order chi connectivity index (χ1) is 10.6. The van der Waals surface area contributed by atoms with Crippen LogP contribution >= 0.6 is 0 Å². The molecule has 5 rings (SSSR count). The molecule has 3 heterocycles. The van der Waals surface area contributed by atoms with Crippen molar-refractivity contribution in [1.82, 2.24) is 0 Å². The largest absolute Gasteiger partial charge is 0.494 e. The summed E-state index contributed by atoms with van der Waals surface area (Å²) in [5, 5.41) is 11.0. The lowest BCUT2D eigenvalue weighted by atomic mass is 9.76. The first kappa shape index (κ1) is 12.3. The molecular weight excluding hydrogens is 288 g/mol. The summed E-state index contributed by atoms with van der Waals surface area (Å²) in [6.45, 7) is 0.584. The van der Waals surface area contributed by atoms with E-state index < -0.39 is 11.7 Å². The molecule has 0 aromatic heterocycles. The van der Waals surface area contributed by atoms with Gasteiger partial charge in [-0.05, 0) is 12.5 Å². The molecule has 3 atom stereocenters. The molecule has 0 unspecified atom stereocenters. The van der Waals surface area contributed by atoms with Gasteiger partial charge < -0.3 is 24.1 Å². The fraction of sp³-hybridized carbons (Fsp3) is 0.438. The van der Waals surface area contributed by atoms with Gasteiger partial charge in [-0.1, -0.05) is 0 Å². The molecule has 0 amide bonds. The van der Waals surface area contributed by atoms with Crippen LogP contribution in [0.15, 0.2) is 24.0 Å². The molecule has 1 aliphatic carbocycles. The predicted octanol–water partition coefficient (Wildman–Crippen LogP) is 1.27. The third kappa shape index (κ3) is 1.45. The van der Waals surface area contributed by atoms with Gasteiger partial charge >= 0.3 is 0 Å². The molecule has 6 heteroatoms. The third-order valence-electron chi connectivity index (χ3n) is 4.88. The maximum absolute atomic E-state index is 11.6. The molecule has 0 radical (unpaired) electrons. The number of ketones is 1. The topological polar surface area (TPSA) is 74.2 Å². The van der Waals surface area contributed by atoms with E-state index in [1.807, 2.05) is 6.07 Å². The van der Waals surface area contributed by atoms with Crippen LogP contribution in [0.2, 0.25) is 0 Å². The second-order valence-electron chi connectivity index (χ2n) is 6.10. The van der Waals surface area contributed by atoms with Crippen molar-refractivity contribution in [2.24, 2.45) is 0 Å². The van der Waals surface area contributed by atoms with Crippen LogP contribution in [0.5, 0.6) is 17.2 Å². The van der Waals surface area contributed by atoms with Gasteiger partial charge in [0.25, 0.3) is 0 Å².